The van der Waals surface area contributed by atoms with Gasteiger partial charge in [0.05, 0.1) is 10.5 Å². The molecule has 1 aliphatic heterocycles. The quantitative estimate of drug-likeness (QED) is 0.515. The van der Waals surface area contributed by atoms with Gasteiger partial charge in [0.25, 0.3) is 5.91 Å². The van der Waals surface area contributed by atoms with Crippen LogP contribution in [0.15, 0.2) is 34.9 Å². The summed E-state index contributed by atoms with van der Waals surface area (Å²) >= 11 is 4.64. The van der Waals surface area contributed by atoms with E-state index in [0.717, 1.165) is 6.26 Å². The zero-order chi connectivity index (χ0) is 23.9. The van der Waals surface area contributed by atoms with Gasteiger partial charge in [-0.3, -0.25) is 4.79 Å². The maximum Gasteiger partial charge on any atom is 0.417 e. The molecule has 1 fully saturated rings. The molecule has 2 heterocycles. The van der Waals surface area contributed by atoms with Gasteiger partial charge < -0.3 is 9.80 Å². The molecule has 0 radical (unpaired) electrons. The number of carbonyl (C=O) groups excluding carboxylic acids is 1. The molecule has 3 rings (SSSR count). The van der Waals surface area contributed by atoms with Crippen LogP contribution < -0.4 is 4.90 Å². The summed E-state index contributed by atoms with van der Waals surface area (Å²) in [7, 11) is -3.50. The number of allylic oxidation sites excluding steroid dienone is 2. The number of alkyl halides is 3. The normalized spacial score (nSPS) is 22.5. The van der Waals surface area contributed by atoms with E-state index in [1.165, 1.54) is 15.9 Å². The van der Waals surface area contributed by atoms with Gasteiger partial charge in [0.2, 0.25) is 0 Å². The summed E-state index contributed by atoms with van der Waals surface area (Å²) in [5, 5.41) is 0. The van der Waals surface area contributed by atoms with Crippen LogP contribution in [0.1, 0.15) is 25.3 Å². The van der Waals surface area contributed by atoms with Crippen LogP contribution in [0, 0.1) is 5.82 Å². The van der Waals surface area contributed by atoms with Crippen molar-refractivity contribution >= 4 is 34.2 Å². The first-order valence-electron chi connectivity index (χ1n) is 9.88. The highest BCUT2D eigenvalue weighted by Crippen LogP contribution is 2.39. The average molecular weight is 494 g/mol. The lowest BCUT2D eigenvalue weighted by Gasteiger charge is -2.39. The third kappa shape index (κ3) is 4.95. The number of aromatic nitrogens is 1. The van der Waals surface area contributed by atoms with E-state index >= 15 is 0 Å². The molecule has 0 aromatic carbocycles. The van der Waals surface area contributed by atoms with Gasteiger partial charge in [-0.1, -0.05) is 13.0 Å². The number of thiol groups is 1. The number of nitrogens with zero attached hydrogens (tertiary/aromatic N) is 3. The van der Waals surface area contributed by atoms with Crippen LogP contribution in [0.4, 0.5) is 23.4 Å². The van der Waals surface area contributed by atoms with Crippen LogP contribution in [0.3, 0.4) is 0 Å². The van der Waals surface area contributed by atoms with E-state index < -0.39 is 32.1 Å². The smallest absolute Gasteiger partial charge is 0.351 e. The first-order chi connectivity index (χ1) is 14.8. The molecule has 1 aromatic heterocycles. The Bertz CT molecular complexity index is 1080. The Morgan fingerprint density at radius 2 is 1.88 bits per heavy atom. The highest BCUT2D eigenvalue weighted by atomic mass is 32.2. The summed E-state index contributed by atoms with van der Waals surface area (Å²) in [5.41, 5.74) is -0.894. The molecule has 0 spiro atoms. The van der Waals surface area contributed by atoms with E-state index in [9.17, 15) is 30.8 Å². The van der Waals surface area contributed by atoms with Gasteiger partial charge in [-0.05, 0) is 25.0 Å². The highest BCUT2D eigenvalue weighted by Gasteiger charge is 2.39. The number of hydrogen-bond donors (Lipinski definition) is 1. The molecule has 1 unspecified atom stereocenters. The minimum atomic E-state index is -4.69. The summed E-state index contributed by atoms with van der Waals surface area (Å²) in [5.74, 6) is -1.66. The Morgan fingerprint density at radius 1 is 1.25 bits per heavy atom. The maximum atomic E-state index is 14.2. The molecular formula is C20H23F4N3O3S2. The lowest BCUT2D eigenvalue weighted by atomic mass is 9.87. The molecule has 1 aromatic rings. The van der Waals surface area contributed by atoms with Gasteiger partial charge in [-0.2, -0.15) is 25.8 Å². The second kappa shape index (κ2) is 8.69. The number of sulfone groups is 1. The third-order valence-electron chi connectivity index (χ3n) is 5.69. The molecule has 12 heteroatoms. The molecular weight excluding hydrogens is 470 g/mol. The van der Waals surface area contributed by atoms with E-state index in [0.29, 0.717) is 18.7 Å². The van der Waals surface area contributed by atoms with Crippen LogP contribution in [0.2, 0.25) is 0 Å². The number of halogens is 4. The summed E-state index contributed by atoms with van der Waals surface area (Å²) in [6.07, 6.45) is 0.663. The molecule has 176 valence electrons. The number of carbonyl (C=O) groups is 1. The van der Waals surface area contributed by atoms with Crippen molar-refractivity contribution in [2.24, 2.45) is 0 Å². The average Bonchev–Trinajstić information content (AvgIpc) is 2.72. The molecule has 1 atom stereocenters. The Kier molecular flexibility index (Phi) is 6.67. The number of piperazine rings is 1. The molecule has 0 N–H and O–H groups in total. The van der Waals surface area contributed by atoms with Crippen molar-refractivity contribution in [3.63, 3.8) is 0 Å². The van der Waals surface area contributed by atoms with Crippen LogP contribution in [0.25, 0.3) is 0 Å². The maximum absolute atomic E-state index is 14.2. The van der Waals surface area contributed by atoms with Crippen molar-refractivity contribution in [2.75, 3.05) is 37.3 Å². The van der Waals surface area contributed by atoms with Crippen LogP contribution >= 0.6 is 12.6 Å². The summed E-state index contributed by atoms with van der Waals surface area (Å²) in [6, 6.07) is 0.405. The molecule has 1 amide bonds. The molecule has 0 saturated carbocycles. The zero-order valence-corrected chi connectivity index (χ0v) is 19.2. The Hall–Kier alpha value is -2.08. The van der Waals surface area contributed by atoms with Gasteiger partial charge in [-0.15, -0.1) is 0 Å². The standard InChI is InChI=1S/C20H23F4N3O3S2/c1-3-19(31)5-4-14(32(2,29)30)11-15(19)18(28)27-8-6-26(7-9-27)17-16(21)10-13(12-25-17)20(22,23)24/h4,10-12,31H,3,5-9H2,1-2H3. The second-order valence-corrected chi connectivity index (χ2v) is 10.7. The first kappa shape index (κ1) is 24.6. The minimum absolute atomic E-state index is 0.0636. The lowest BCUT2D eigenvalue weighted by Crippen LogP contribution is -2.51. The van der Waals surface area contributed by atoms with Crippen LogP contribution in [0.5, 0.6) is 0 Å². The Labute approximate surface area is 189 Å². The molecule has 32 heavy (non-hydrogen) atoms. The fraction of sp³-hybridized carbons (Fsp3) is 0.500. The number of rotatable bonds is 4. The van der Waals surface area contributed by atoms with Crippen molar-refractivity contribution < 1.29 is 30.8 Å². The topological polar surface area (TPSA) is 70.6 Å². The van der Waals surface area contributed by atoms with E-state index in [1.807, 2.05) is 6.92 Å². The largest absolute Gasteiger partial charge is 0.417 e. The number of hydrogen-bond acceptors (Lipinski definition) is 6. The van der Waals surface area contributed by atoms with Crippen molar-refractivity contribution in [1.82, 2.24) is 9.88 Å². The van der Waals surface area contributed by atoms with Gasteiger partial charge >= 0.3 is 6.18 Å². The van der Waals surface area contributed by atoms with Crippen molar-refractivity contribution in [2.45, 2.75) is 30.7 Å². The first-order valence-corrected chi connectivity index (χ1v) is 12.2. The molecule has 1 saturated heterocycles. The van der Waals surface area contributed by atoms with E-state index in [4.69, 9.17) is 0 Å². The second-order valence-electron chi connectivity index (χ2n) is 7.83. The van der Waals surface area contributed by atoms with Crippen LogP contribution in [-0.4, -0.2) is 61.4 Å². The minimum Gasteiger partial charge on any atom is -0.351 e. The lowest BCUT2D eigenvalue weighted by molar-refractivity contribution is -0.138. The third-order valence-corrected chi connectivity index (χ3v) is 7.57. The van der Waals surface area contributed by atoms with Gasteiger partial charge in [0.1, 0.15) is 0 Å². The Balaban J connectivity index is 1.76. The van der Waals surface area contributed by atoms with Crippen molar-refractivity contribution in [3.05, 3.63) is 46.3 Å². The van der Waals surface area contributed by atoms with Crippen LogP contribution in [-0.2, 0) is 20.8 Å². The van der Waals surface area contributed by atoms with Crippen molar-refractivity contribution in [3.8, 4) is 0 Å². The van der Waals surface area contributed by atoms with Crippen molar-refractivity contribution in [1.29, 1.82) is 0 Å². The van der Waals surface area contributed by atoms with Gasteiger partial charge in [0.15, 0.2) is 21.5 Å². The van der Waals surface area contributed by atoms with E-state index in [2.05, 4.69) is 17.6 Å². The SMILES string of the molecule is CCC1(S)CC=C(S(C)(=O)=O)C=C1C(=O)N1CCN(c2ncc(C(F)(F)F)cc2F)CC1. The predicted molar refractivity (Wildman–Crippen MR) is 116 cm³/mol. The molecule has 1 aliphatic carbocycles. The predicted octanol–water partition coefficient (Wildman–Crippen LogP) is 3.23. The zero-order valence-electron chi connectivity index (χ0n) is 17.5. The van der Waals surface area contributed by atoms with E-state index in [1.54, 1.807) is 6.08 Å². The van der Waals surface area contributed by atoms with Gasteiger partial charge in [0, 0.05) is 49.0 Å². The van der Waals surface area contributed by atoms with E-state index in [-0.39, 0.29) is 54.8 Å². The fourth-order valence-electron chi connectivity index (χ4n) is 3.68. The molecule has 2 aliphatic rings. The molecule has 0 bridgehead atoms. The summed E-state index contributed by atoms with van der Waals surface area (Å²) < 4.78 is 75.6. The monoisotopic (exact) mass is 493 g/mol. The fourth-order valence-corrected chi connectivity index (χ4v) is 4.65. The summed E-state index contributed by atoms with van der Waals surface area (Å²) in [4.78, 5) is 19.9. The molecule has 6 nitrogen and oxygen atoms in total. The number of anilines is 1. The highest BCUT2D eigenvalue weighted by molar-refractivity contribution is 7.94. The number of pyridine rings is 1. The van der Waals surface area contributed by atoms with Gasteiger partial charge in [-0.25, -0.2) is 17.8 Å². The Morgan fingerprint density at radius 3 is 2.38 bits per heavy atom. The number of amides is 1. The summed E-state index contributed by atoms with van der Waals surface area (Å²) in [6.45, 7) is 2.52.